The predicted molar refractivity (Wildman–Crippen MR) is 64.5 cm³/mol. The van der Waals surface area contributed by atoms with Crippen LogP contribution < -0.4 is 5.32 Å². The van der Waals surface area contributed by atoms with E-state index in [1.54, 1.807) is 0 Å². The monoisotopic (exact) mass is 260 g/mol. The topological polar surface area (TPSA) is 69.6 Å². The maximum absolute atomic E-state index is 11.5. The minimum Gasteiger partial charge on any atom is -0.390 e. The first-order chi connectivity index (χ1) is 8.05. The lowest BCUT2D eigenvalue weighted by molar-refractivity contribution is 0.0958. The van der Waals surface area contributed by atoms with Gasteiger partial charge in [-0.15, -0.1) is 0 Å². The van der Waals surface area contributed by atoms with Crippen molar-refractivity contribution in [2.45, 2.75) is 31.0 Å². The number of likely N-dealkylation sites (tertiary alicyclic amines) is 1. The van der Waals surface area contributed by atoms with Gasteiger partial charge in [-0.1, -0.05) is 0 Å². The van der Waals surface area contributed by atoms with Crippen molar-refractivity contribution < 1.29 is 13.5 Å². The lowest BCUT2D eigenvalue weighted by Gasteiger charge is -2.25. The summed E-state index contributed by atoms with van der Waals surface area (Å²) < 4.78 is 23.0. The number of sulfone groups is 1. The minimum absolute atomic E-state index is 0.0586. The number of fused-ring (bicyclic) bond motifs is 1. The molecule has 0 saturated carbocycles. The molecule has 3 aliphatic heterocycles. The van der Waals surface area contributed by atoms with Crippen LogP contribution in [-0.4, -0.2) is 67.8 Å². The predicted octanol–water partition coefficient (Wildman–Crippen LogP) is -1.17. The zero-order valence-electron chi connectivity index (χ0n) is 9.88. The molecule has 5 nitrogen and oxygen atoms in total. The third-order valence-corrected chi connectivity index (χ3v) is 6.09. The van der Waals surface area contributed by atoms with Gasteiger partial charge in [0.05, 0.1) is 23.7 Å². The first-order valence-corrected chi connectivity index (χ1v) is 8.23. The molecule has 0 amide bonds. The molecule has 0 aromatic carbocycles. The Labute approximate surface area is 102 Å². The SMILES string of the molecule is O=S1(=O)CC(O)C(N2CC3CCCNC3C2)C1. The Bertz CT molecular complexity index is 384. The molecule has 2 N–H and O–H groups in total. The Morgan fingerprint density at radius 1 is 1.24 bits per heavy atom. The van der Waals surface area contributed by atoms with E-state index < -0.39 is 15.9 Å². The van der Waals surface area contributed by atoms with E-state index in [0.29, 0.717) is 12.0 Å². The van der Waals surface area contributed by atoms with Crippen LogP contribution >= 0.6 is 0 Å². The summed E-state index contributed by atoms with van der Waals surface area (Å²) in [5, 5.41) is 13.4. The van der Waals surface area contributed by atoms with Crippen molar-refractivity contribution in [3.63, 3.8) is 0 Å². The molecule has 0 aromatic heterocycles. The molecule has 3 heterocycles. The summed E-state index contributed by atoms with van der Waals surface area (Å²) >= 11 is 0. The van der Waals surface area contributed by atoms with Gasteiger partial charge in [0.2, 0.25) is 0 Å². The minimum atomic E-state index is -3.03. The third kappa shape index (κ3) is 2.23. The van der Waals surface area contributed by atoms with Gasteiger partial charge in [-0.05, 0) is 25.3 Å². The smallest absolute Gasteiger partial charge is 0.154 e. The van der Waals surface area contributed by atoms with E-state index in [-0.39, 0.29) is 17.5 Å². The highest BCUT2D eigenvalue weighted by Crippen LogP contribution is 2.29. The molecular weight excluding hydrogens is 240 g/mol. The number of hydrogen-bond donors (Lipinski definition) is 2. The Kier molecular flexibility index (Phi) is 2.93. The summed E-state index contributed by atoms with van der Waals surface area (Å²) in [5.41, 5.74) is 0. The van der Waals surface area contributed by atoms with E-state index in [0.717, 1.165) is 19.6 Å². The number of nitrogens with one attached hydrogen (secondary N) is 1. The fourth-order valence-corrected chi connectivity index (χ4v) is 5.34. The maximum atomic E-state index is 11.5. The van der Waals surface area contributed by atoms with Crippen LogP contribution in [0.15, 0.2) is 0 Å². The van der Waals surface area contributed by atoms with Crippen LogP contribution in [0.3, 0.4) is 0 Å². The average Bonchev–Trinajstić information content (AvgIpc) is 2.78. The highest BCUT2D eigenvalue weighted by Gasteiger charge is 2.45. The molecule has 0 radical (unpaired) electrons. The normalized spacial score (nSPS) is 45.9. The van der Waals surface area contributed by atoms with Crippen molar-refractivity contribution in [1.29, 1.82) is 0 Å². The molecule has 4 atom stereocenters. The van der Waals surface area contributed by atoms with Gasteiger partial charge in [0.15, 0.2) is 9.84 Å². The van der Waals surface area contributed by atoms with Crippen molar-refractivity contribution in [1.82, 2.24) is 10.2 Å². The molecule has 98 valence electrons. The zero-order valence-corrected chi connectivity index (χ0v) is 10.7. The summed E-state index contributed by atoms with van der Waals surface area (Å²) in [6.07, 6.45) is 1.74. The van der Waals surface area contributed by atoms with E-state index in [2.05, 4.69) is 10.2 Å². The van der Waals surface area contributed by atoms with Crippen molar-refractivity contribution >= 4 is 9.84 Å². The summed E-state index contributed by atoms with van der Waals surface area (Å²) in [4.78, 5) is 2.18. The zero-order chi connectivity index (χ0) is 12.0. The second kappa shape index (κ2) is 4.19. The fourth-order valence-electron chi connectivity index (χ4n) is 3.51. The van der Waals surface area contributed by atoms with Gasteiger partial charge in [0.1, 0.15) is 0 Å². The lowest BCUT2D eigenvalue weighted by Crippen LogP contribution is -2.44. The molecule has 3 fully saturated rings. The molecule has 3 aliphatic rings. The Morgan fingerprint density at radius 3 is 2.71 bits per heavy atom. The molecule has 0 bridgehead atoms. The van der Waals surface area contributed by atoms with Gasteiger partial charge in [-0.3, -0.25) is 4.90 Å². The van der Waals surface area contributed by atoms with Crippen molar-refractivity contribution in [2.24, 2.45) is 5.92 Å². The van der Waals surface area contributed by atoms with Gasteiger partial charge in [0.25, 0.3) is 0 Å². The van der Waals surface area contributed by atoms with Crippen LogP contribution in [0.4, 0.5) is 0 Å². The highest BCUT2D eigenvalue weighted by atomic mass is 32.2. The molecule has 0 aliphatic carbocycles. The van der Waals surface area contributed by atoms with Crippen LogP contribution in [0, 0.1) is 5.92 Å². The second-order valence-corrected chi connectivity index (χ2v) is 7.78. The van der Waals surface area contributed by atoms with Crippen LogP contribution in [0.1, 0.15) is 12.8 Å². The van der Waals surface area contributed by atoms with E-state index in [1.807, 2.05) is 0 Å². The molecule has 17 heavy (non-hydrogen) atoms. The number of piperidine rings is 1. The van der Waals surface area contributed by atoms with Crippen molar-refractivity contribution in [2.75, 3.05) is 31.1 Å². The summed E-state index contributed by atoms with van der Waals surface area (Å²) in [5.74, 6) is 0.712. The summed E-state index contributed by atoms with van der Waals surface area (Å²) in [6.45, 7) is 2.90. The molecule has 6 heteroatoms. The van der Waals surface area contributed by atoms with E-state index in [4.69, 9.17) is 0 Å². The number of aliphatic hydroxyl groups is 1. The van der Waals surface area contributed by atoms with E-state index in [9.17, 15) is 13.5 Å². The highest BCUT2D eigenvalue weighted by molar-refractivity contribution is 7.91. The van der Waals surface area contributed by atoms with Gasteiger partial charge in [0, 0.05) is 19.1 Å². The van der Waals surface area contributed by atoms with Crippen molar-refractivity contribution in [3.05, 3.63) is 0 Å². The van der Waals surface area contributed by atoms with E-state index in [1.165, 1.54) is 12.8 Å². The second-order valence-electron chi connectivity index (χ2n) is 5.63. The maximum Gasteiger partial charge on any atom is 0.154 e. The van der Waals surface area contributed by atoms with Crippen molar-refractivity contribution in [3.8, 4) is 0 Å². The average molecular weight is 260 g/mol. The quantitative estimate of drug-likeness (QED) is 0.622. The standard InChI is InChI=1S/C11H20N2O3S/c14-11-7-17(15,16)6-10(11)13-4-8-2-1-3-12-9(8)5-13/h8-12,14H,1-7H2. The van der Waals surface area contributed by atoms with Crippen LogP contribution in [-0.2, 0) is 9.84 Å². The fraction of sp³-hybridized carbons (Fsp3) is 1.00. The Balaban J connectivity index is 1.70. The number of aliphatic hydroxyl groups excluding tert-OH is 1. The molecule has 4 unspecified atom stereocenters. The number of hydrogen-bond acceptors (Lipinski definition) is 5. The molecular formula is C11H20N2O3S. The molecule has 3 rings (SSSR count). The summed E-state index contributed by atoms with van der Waals surface area (Å²) in [6, 6.07) is 0.326. The number of rotatable bonds is 1. The third-order valence-electron chi connectivity index (χ3n) is 4.39. The van der Waals surface area contributed by atoms with Crippen LogP contribution in [0.2, 0.25) is 0 Å². The van der Waals surface area contributed by atoms with Gasteiger partial charge < -0.3 is 10.4 Å². The molecule has 0 spiro atoms. The van der Waals surface area contributed by atoms with Gasteiger partial charge in [-0.25, -0.2) is 8.42 Å². The number of nitrogens with zero attached hydrogens (tertiary/aromatic N) is 1. The van der Waals surface area contributed by atoms with Gasteiger partial charge in [-0.2, -0.15) is 0 Å². The van der Waals surface area contributed by atoms with E-state index >= 15 is 0 Å². The first kappa shape index (κ1) is 11.9. The van der Waals surface area contributed by atoms with Gasteiger partial charge >= 0.3 is 0 Å². The lowest BCUT2D eigenvalue weighted by atomic mass is 9.94. The van der Waals surface area contributed by atoms with Crippen LogP contribution in [0.25, 0.3) is 0 Å². The molecule has 3 saturated heterocycles. The largest absolute Gasteiger partial charge is 0.390 e. The Hall–Kier alpha value is -0.170. The Morgan fingerprint density at radius 2 is 2.06 bits per heavy atom. The van der Waals surface area contributed by atoms with Crippen LogP contribution in [0.5, 0.6) is 0 Å². The molecule has 0 aromatic rings. The first-order valence-electron chi connectivity index (χ1n) is 6.41. The summed E-state index contributed by atoms with van der Waals surface area (Å²) in [7, 11) is -3.03.